The second-order valence-corrected chi connectivity index (χ2v) is 15.6. The molecular formula is C37H54N2O8S. The van der Waals surface area contributed by atoms with Crippen LogP contribution < -0.4 is 5.32 Å². The summed E-state index contributed by atoms with van der Waals surface area (Å²) < 4.78 is 18.9. The van der Waals surface area contributed by atoms with Crippen LogP contribution in [0.2, 0.25) is 0 Å². The number of aromatic nitrogens is 1. The maximum absolute atomic E-state index is 13.6. The molecule has 0 spiro atoms. The van der Waals surface area contributed by atoms with Crippen molar-refractivity contribution in [1.29, 1.82) is 0 Å². The van der Waals surface area contributed by atoms with E-state index in [0.717, 1.165) is 34.0 Å². The SMILES string of the molecule is CC[C@@H](O)[C@@](C)(O)[C@@H]1OC(=O)N[C@@H]([C@H](C)C[C@@](C)(O)[C@@H]2O[C@H](c3c(C)cc(C)cc3C)O[C@H]([C@@H](C)C(=O)Sc3ccccn3)[C@@H]2C)[C@@H]1C. The summed E-state index contributed by atoms with van der Waals surface area (Å²) in [7, 11) is 0. The summed E-state index contributed by atoms with van der Waals surface area (Å²) in [5.74, 6) is -1.63. The van der Waals surface area contributed by atoms with Gasteiger partial charge >= 0.3 is 6.09 Å². The second kappa shape index (κ2) is 15.1. The summed E-state index contributed by atoms with van der Waals surface area (Å²) in [4.78, 5) is 30.7. The summed E-state index contributed by atoms with van der Waals surface area (Å²) >= 11 is 1.07. The van der Waals surface area contributed by atoms with Crippen LogP contribution in [0.1, 0.15) is 89.9 Å². The molecule has 4 rings (SSSR count). The first-order valence-electron chi connectivity index (χ1n) is 17.0. The molecule has 2 fully saturated rings. The van der Waals surface area contributed by atoms with Crippen LogP contribution in [-0.4, -0.2) is 73.2 Å². The van der Waals surface area contributed by atoms with Gasteiger partial charge in [-0.25, -0.2) is 9.78 Å². The van der Waals surface area contributed by atoms with Crippen LogP contribution in [0.3, 0.4) is 0 Å². The molecular weight excluding hydrogens is 632 g/mol. The van der Waals surface area contributed by atoms with Crippen molar-refractivity contribution in [2.45, 2.75) is 135 Å². The molecule has 11 heteroatoms. The summed E-state index contributed by atoms with van der Waals surface area (Å²) in [6.45, 7) is 18.6. The Hall–Kier alpha value is -2.54. The molecule has 0 radical (unpaired) electrons. The van der Waals surface area contributed by atoms with Crippen molar-refractivity contribution in [2.24, 2.45) is 23.7 Å². The minimum absolute atomic E-state index is 0.0959. The van der Waals surface area contributed by atoms with Crippen molar-refractivity contribution in [1.82, 2.24) is 10.3 Å². The van der Waals surface area contributed by atoms with Crippen molar-refractivity contribution in [3.8, 4) is 0 Å². The lowest BCUT2D eigenvalue weighted by Gasteiger charge is -2.50. The van der Waals surface area contributed by atoms with Crippen LogP contribution in [0.25, 0.3) is 0 Å². The topological polar surface area (TPSA) is 147 Å². The smallest absolute Gasteiger partial charge is 0.407 e. The Morgan fingerprint density at radius 2 is 1.69 bits per heavy atom. The third-order valence-electron chi connectivity index (χ3n) is 10.4. The van der Waals surface area contributed by atoms with Gasteiger partial charge in [0, 0.05) is 29.6 Å². The van der Waals surface area contributed by atoms with Gasteiger partial charge in [-0.15, -0.1) is 0 Å². The molecule has 2 saturated heterocycles. The zero-order chi connectivity index (χ0) is 35.7. The molecule has 0 saturated carbocycles. The molecule has 3 heterocycles. The predicted octanol–water partition coefficient (Wildman–Crippen LogP) is 5.79. The highest BCUT2D eigenvalue weighted by molar-refractivity contribution is 8.13. The van der Waals surface area contributed by atoms with E-state index in [1.54, 1.807) is 32.2 Å². The average Bonchev–Trinajstić information content (AvgIpc) is 3.01. The first-order valence-corrected chi connectivity index (χ1v) is 17.8. The fourth-order valence-corrected chi connectivity index (χ4v) is 8.76. The number of aliphatic hydroxyl groups excluding tert-OH is 1. The molecule has 0 aliphatic carbocycles. The van der Waals surface area contributed by atoms with Gasteiger partial charge in [-0.2, -0.15) is 0 Å². The maximum atomic E-state index is 13.6. The molecule has 10 nitrogen and oxygen atoms in total. The Labute approximate surface area is 289 Å². The maximum Gasteiger partial charge on any atom is 0.407 e. The number of benzene rings is 1. The van der Waals surface area contributed by atoms with Crippen LogP contribution >= 0.6 is 11.8 Å². The van der Waals surface area contributed by atoms with Gasteiger partial charge in [0.25, 0.3) is 0 Å². The summed E-state index contributed by atoms with van der Waals surface area (Å²) in [6, 6.07) is 9.10. The number of amides is 1. The van der Waals surface area contributed by atoms with E-state index in [1.165, 1.54) is 6.92 Å². The molecule has 12 atom stereocenters. The standard InChI is InChI=1S/C37H54N2O8S/c1-11-26(40)37(10,44)32-23(6)29(39-35(42)47-32)22(5)18-36(9,43)31-24(7)30(25(8)33(41)48-27-14-12-13-15-38-27)45-34(46-31)28-20(3)16-19(2)17-21(28)4/h12-17,22-26,29-32,34,40,43-44H,11,18H2,1-10H3,(H,39,42)/t22-,23+,24+,25-,26-,29+,30+,31-,32-,34-,36-,37-/m1/s1. The summed E-state index contributed by atoms with van der Waals surface area (Å²) in [5, 5.41) is 37.5. The van der Waals surface area contributed by atoms with Gasteiger partial charge in [0.05, 0.1) is 29.8 Å². The summed E-state index contributed by atoms with van der Waals surface area (Å²) in [6.07, 6.45) is -2.73. The summed E-state index contributed by atoms with van der Waals surface area (Å²) in [5.41, 5.74) is 0.875. The number of aryl methyl sites for hydroxylation is 3. The van der Waals surface area contributed by atoms with Crippen LogP contribution in [0.15, 0.2) is 41.6 Å². The number of ether oxygens (including phenoxy) is 3. The predicted molar refractivity (Wildman–Crippen MR) is 184 cm³/mol. The average molecular weight is 687 g/mol. The van der Waals surface area contributed by atoms with E-state index >= 15 is 0 Å². The second-order valence-electron chi connectivity index (χ2n) is 14.6. The fraction of sp³-hybridized carbons (Fsp3) is 0.649. The number of carbonyl (C=O) groups is 2. The van der Waals surface area contributed by atoms with Crippen LogP contribution in [0.4, 0.5) is 4.79 Å². The largest absolute Gasteiger partial charge is 0.443 e. The number of nitrogens with zero attached hydrogens (tertiary/aromatic N) is 1. The van der Waals surface area contributed by atoms with E-state index in [4.69, 9.17) is 14.2 Å². The number of carbonyl (C=O) groups excluding carboxylic acids is 2. The van der Waals surface area contributed by atoms with Crippen molar-refractivity contribution < 1.29 is 39.1 Å². The number of rotatable bonds is 11. The van der Waals surface area contributed by atoms with Gasteiger partial charge in [-0.3, -0.25) is 4.79 Å². The highest BCUT2D eigenvalue weighted by Crippen LogP contribution is 2.45. The van der Waals surface area contributed by atoms with E-state index in [2.05, 4.69) is 22.4 Å². The third-order valence-corrected chi connectivity index (χ3v) is 11.4. The van der Waals surface area contributed by atoms with E-state index in [0.29, 0.717) is 11.4 Å². The lowest BCUT2D eigenvalue weighted by atomic mass is 9.72. The van der Waals surface area contributed by atoms with Crippen molar-refractivity contribution >= 4 is 23.0 Å². The molecule has 0 bridgehead atoms. The number of nitrogens with one attached hydrogen (secondary N) is 1. The number of alkyl carbamates (subject to hydrolysis) is 1. The van der Waals surface area contributed by atoms with Crippen LogP contribution in [0, 0.1) is 44.4 Å². The lowest BCUT2D eigenvalue weighted by Crippen LogP contribution is -2.64. The highest BCUT2D eigenvalue weighted by atomic mass is 32.2. The first kappa shape index (κ1) is 38.3. The molecule has 2 aliphatic heterocycles. The fourth-order valence-electron chi connectivity index (χ4n) is 7.97. The zero-order valence-electron chi connectivity index (χ0n) is 29.9. The highest BCUT2D eigenvalue weighted by Gasteiger charge is 2.53. The molecule has 266 valence electrons. The quantitative estimate of drug-likeness (QED) is 0.214. The van der Waals surface area contributed by atoms with Crippen LogP contribution in [-0.2, 0) is 19.0 Å². The van der Waals surface area contributed by atoms with Gasteiger partial charge in [0.1, 0.15) is 16.7 Å². The number of pyridine rings is 1. The molecule has 2 aromatic rings. The number of thioether (sulfide) groups is 1. The molecule has 4 N–H and O–H groups in total. The minimum atomic E-state index is -1.66. The number of hydrogen-bond donors (Lipinski definition) is 4. The Morgan fingerprint density at radius 1 is 1.04 bits per heavy atom. The van der Waals surface area contributed by atoms with Crippen molar-refractivity contribution in [3.05, 3.63) is 58.8 Å². The molecule has 0 unspecified atom stereocenters. The number of aliphatic hydroxyl groups is 3. The number of cyclic esters (lactones) is 1. The van der Waals surface area contributed by atoms with Gasteiger partial charge in [0.2, 0.25) is 5.12 Å². The molecule has 1 aromatic carbocycles. The first-order chi connectivity index (χ1) is 22.4. The Kier molecular flexibility index (Phi) is 12.1. The monoisotopic (exact) mass is 686 g/mol. The molecule has 1 aromatic heterocycles. The normalized spacial score (nSPS) is 30.6. The molecule has 1 amide bonds. The van der Waals surface area contributed by atoms with E-state index in [9.17, 15) is 24.9 Å². The van der Waals surface area contributed by atoms with E-state index < -0.39 is 71.8 Å². The van der Waals surface area contributed by atoms with Crippen molar-refractivity contribution in [3.63, 3.8) is 0 Å². The third kappa shape index (κ3) is 8.08. The lowest BCUT2D eigenvalue weighted by molar-refractivity contribution is -0.310. The Morgan fingerprint density at radius 3 is 2.27 bits per heavy atom. The minimum Gasteiger partial charge on any atom is -0.443 e. The van der Waals surface area contributed by atoms with Crippen LogP contribution in [0.5, 0.6) is 0 Å². The van der Waals surface area contributed by atoms with Gasteiger partial charge in [-0.1, -0.05) is 58.4 Å². The molecule has 48 heavy (non-hydrogen) atoms. The van der Waals surface area contributed by atoms with E-state index in [1.807, 2.05) is 54.5 Å². The molecule has 2 aliphatic rings. The van der Waals surface area contributed by atoms with Gasteiger partial charge < -0.3 is 34.8 Å². The van der Waals surface area contributed by atoms with Crippen molar-refractivity contribution in [2.75, 3.05) is 0 Å². The van der Waals surface area contributed by atoms with E-state index in [-0.39, 0.29) is 17.5 Å². The van der Waals surface area contributed by atoms with Gasteiger partial charge in [0.15, 0.2) is 6.29 Å². The Bertz CT molecular complexity index is 1410. The zero-order valence-corrected chi connectivity index (χ0v) is 30.7. The number of hydrogen-bond acceptors (Lipinski definition) is 10. The Balaban J connectivity index is 1.64. The van der Waals surface area contributed by atoms with Gasteiger partial charge in [-0.05, 0) is 88.4 Å².